The minimum absolute atomic E-state index is 0.296. The summed E-state index contributed by atoms with van der Waals surface area (Å²) in [5.74, 6) is 1.87. The molecule has 0 aliphatic carbocycles. The number of nitrogens with zero attached hydrogens (tertiary/aromatic N) is 4. The topological polar surface area (TPSA) is 95.9 Å². The highest BCUT2D eigenvalue weighted by Gasteiger charge is 2.17. The van der Waals surface area contributed by atoms with Gasteiger partial charge in [-0.2, -0.15) is 0 Å². The van der Waals surface area contributed by atoms with Gasteiger partial charge in [-0.25, -0.2) is 14.5 Å². The Morgan fingerprint density at radius 3 is 2.78 bits per heavy atom. The van der Waals surface area contributed by atoms with Crippen molar-refractivity contribution < 1.29 is 18.6 Å². The van der Waals surface area contributed by atoms with E-state index in [1.165, 1.54) is 22.7 Å². The Morgan fingerprint density at radius 1 is 1.11 bits per heavy atom. The molecule has 0 radical (unpaired) electrons. The van der Waals surface area contributed by atoms with Crippen LogP contribution in [0.4, 0.5) is 10.8 Å². The lowest BCUT2D eigenvalue weighted by Gasteiger charge is -2.08. The average molecular weight is 599 g/mol. The molecule has 12 heteroatoms. The van der Waals surface area contributed by atoms with Gasteiger partial charge in [0, 0.05) is 27.7 Å². The standard InChI is InChI=1S/C25H20BrN5O4S2/c1-13-6-14(26)4-5-18(13)28-23-27-15(12-36-23)11-34-20-7-16(32-2)8-21-17(20)9-22(35-21)19-10-31-24(29-19)37-25(30-31)33-3/h4-10,12H,11H2,1-3H3,(H,27,28). The van der Waals surface area contributed by atoms with Crippen molar-refractivity contribution in [3.63, 3.8) is 0 Å². The number of anilines is 2. The molecule has 0 bridgehead atoms. The van der Waals surface area contributed by atoms with E-state index in [-0.39, 0.29) is 0 Å². The lowest BCUT2D eigenvalue weighted by Crippen LogP contribution is -1.98. The third-order valence-electron chi connectivity index (χ3n) is 5.62. The molecule has 0 spiro atoms. The van der Waals surface area contributed by atoms with Crippen LogP contribution in [-0.4, -0.2) is 33.8 Å². The zero-order valence-electron chi connectivity index (χ0n) is 19.9. The molecule has 1 N–H and O–H groups in total. The normalized spacial score (nSPS) is 11.4. The summed E-state index contributed by atoms with van der Waals surface area (Å²) in [6.45, 7) is 2.35. The third-order valence-corrected chi connectivity index (χ3v) is 7.80. The quantitative estimate of drug-likeness (QED) is 0.199. The van der Waals surface area contributed by atoms with Gasteiger partial charge >= 0.3 is 0 Å². The number of methoxy groups -OCH3 is 2. The van der Waals surface area contributed by atoms with E-state index in [0.29, 0.717) is 45.3 Å². The summed E-state index contributed by atoms with van der Waals surface area (Å²) in [5.41, 5.74) is 4.26. The Morgan fingerprint density at radius 2 is 2.00 bits per heavy atom. The number of rotatable bonds is 8. The van der Waals surface area contributed by atoms with E-state index in [0.717, 1.165) is 31.9 Å². The van der Waals surface area contributed by atoms with Gasteiger partial charge in [0.2, 0.25) is 4.96 Å². The van der Waals surface area contributed by atoms with Gasteiger partial charge in [-0.05, 0) is 48.1 Å². The summed E-state index contributed by atoms with van der Waals surface area (Å²) in [6.07, 6.45) is 1.81. The van der Waals surface area contributed by atoms with Crippen LogP contribution in [0.5, 0.6) is 16.7 Å². The second kappa shape index (κ2) is 9.69. The molecule has 6 aromatic rings. The van der Waals surface area contributed by atoms with Crippen LogP contribution in [0.25, 0.3) is 27.4 Å². The Labute approximate surface area is 227 Å². The maximum Gasteiger partial charge on any atom is 0.294 e. The molecular weight excluding hydrogens is 578 g/mol. The van der Waals surface area contributed by atoms with Crippen molar-refractivity contribution in [3.8, 4) is 28.1 Å². The van der Waals surface area contributed by atoms with E-state index in [1.54, 1.807) is 24.9 Å². The first kappa shape index (κ1) is 23.8. The summed E-state index contributed by atoms with van der Waals surface area (Å²) in [6, 6.07) is 11.7. The zero-order valence-corrected chi connectivity index (χ0v) is 23.2. The van der Waals surface area contributed by atoms with E-state index in [2.05, 4.69) is 49.3 Å². The Bertz CT molecular complexity index is 1710. The van der Waals surface area contributed by atoms with Gasteiger partial charge in [-0.15, -0.1) is 16.4 Å². The van der Waals surface area contributed by atoms with Crippen molar-refractivity contribution in [3.05, 3.63) is 63.7 Å². The SMILES string of the molecule is COc1cc(OCc2csc(Nc3ccc(Br)cc3C)n2)c2cc(-c3cn4nc(OC)sc4n3)oc2c1. The smallest absolute Gasteiger partial charge is 0.294 e. The van der Waals surface area contributed by atoms with Gasteiger partial charge in [-0.3, -0.25) is 0 Å². The molecule has 0 saturated carbocycles. The second-order valence-corrected chi connectivity index (χ2v) is 10.8. The van der Waals surface area contributed by atoms with Crippen molar-refractivity contribution in [2.24, 2.45) is 0 Å². The molecule has 0 atom stereocenters. The maximum atomic E-state index is 6.19. The number of fused-ring (bicyclic) bond motifs is 2. The molecule has 4 aromatic heterocycles. The number of nitrogens with one attached hydrogen (secondary N) is 1. The average Bonchev–Trinajstić information content (AvgIpc) is 3.66. The highest BCUT2D eigenvalue weighted by Crippen LogP contribution is 2.38. The second-order valence-electron chi connectivity index (χ2n) is 8.09. The third kappa shape index (κ3) is 4.75. The first-order valence-electron chi connectivity index (χ1n) is 11.1. The van der Waals surface area contributed by atoms with E-state index in [1.807, 2.05) is 35.7 Å². The van der Waals surface area contributed by atoms with Crippen molar-refractivity contribution in [2.75, 3.05) is 19.5 Å². The summed E-state index contributed by atoms with van der Waals surface area (Å²) in [7, 11) is 3.19. The van der Waals surface area contributed by atoms with E-state index < -0.39 is 0 Å². The summed E-state index contributed by atoms with van der Waals surface area (Å²) >= 11 is 6.38. The molecule has 9 nitrogen and oxygen atoms in total. The van der Waals surface area contributed by atoms with Gasteiger partial charge in [0.25, 0.3) is 5.19 Å². The molecule has 0 amide bonds. The monoisotopic (exact) mass is 597 g/mol. The van der Waals surface area contributed by atoms with Gasteiger partial charge in [0.1, 0.15) is 29.4 Å². The minimum Gasteiger partial charge on any atom is -0.496 e. The Hall–Kier alpha value is -3.61. The molecule has 188 valence electrons. The molecule has 2 aromatic carbocycles. The lowest BCUT2D eigenvalue weighted by molar-refractivity contribution is 0.303. The summed E-state index contributed by atoms with van der Waals surface area (Å²) in [4.78, 5) is 10.0. The number of aryl methyl sites for hydroxylation is 1. The van der Waals surface area contributed by atoms with Crippen LogP contribution in [0.15, 0.2) is 56.9 Å². The molecule has 0 aliphatic rings. The lowest BCUT2D eigenvalue weighted by atomic mass is 10.2. The maximum absolute atomic E-state index is 6.19. The van der Waals surface area contributed by atoms with Crippen LogP contribution in [0, 0.1) is 6.92 Å². The first-order chi connectivity index (χ1) is 18.0. The number of hydrogen-bond donors (Lipinski definition) is 1. The van der Waals surface area contributed by atoms with Crippen LogP contribution in [0.2, 0.25) is 0 Å². The number of hydrogen-bond acceptors (Lipinski definition) is 10. The molecule has 37 heavy (non-hydrogen) atoms. The number of furan rings is 1. The minimum atomic E-state index is 0.296. The molecule has 0 unspecified atom stereocenters. The number of aromatic nitrogens is 4. The summed E-state index contributed by atoms with van der Waals surface area (Å²) in [5, 5.41) is 11.9. The van der Waals surface area contributed by atoms with E-state index in [4.69, 9.17) is 18.6 Å². The molecule has 0 saturated heterocycles. The fourth-order valence-corrected chi connectivity index (χ4v) is 5.68. The van der Waals surface area contributed by atoms with E-state index >= 15 is 0 Å². The highest BCUT2D eigenvalue weighted by molar-refractivity contribution is 9.10. The van der Waals surface area contributed by atoms with E-state index in [9.17, 15) is 0 Å². The fourth-order valence-electron chi connectivity index (χ4n) is 3.79. The highest BCUT2D eigenvalue weighted by atomic mass is 79.9. The number of thiazole rings is 1. The number of halogens is 1. The summed E-state index contributed by atoms with van der Waals surface area (Å²) < 4.78 is 25.7. The molecule has 6 rings (SSSR count). The Balaban J connectivity index is 1.24. The predicted molar refractivity (Wildman–Crippen MR) is 148 cm³/mol. The Kier molecular flexibility index (Phi) is 6.22. The number of imidazole rings is 1. The molecule has 0 fully saturated rings. The van der Waals surface area contributed by atoms with Crippen molar-refractivity contribution >= 4 is 65.4 Å². The first-order valence-corrected chi connectivity index (χ1v) is 13.6. The van der Waals surface area contributed by atoms with Gasteiger partial charge in [-0.1, -0.05) is 15.9 Å². The zero-order chi connectivity index (χ0) is 25.5. The van der Waals surface area contributed by atoms with Crippen LogP contribution < -0.4 is 19.5 Å². The van der Waals surface area contributed by atoms with Crippen LogP contribution in [0.1, 0.15) is 11.3 Å². The van der Waals surface area contributed by atoms with Crippen molar-refractivity contribution in [2.45, 2.75) is 13.5 Å². The van der Waals surface area contributed by atoms with Gasteiger partial charge in [0.05, 0.1) is 31.5 Å². The molecular formula is C25H20BrN5O4S2. The van der Waals surface area contributed by atoms with Crippen molar-refractivity contribution in [1.29, 1.82) is 0 Å². The molecule has 0 aliphatic heterocycles. The van der Waals surface area contributed by atoms with Crippen LogP contribution in [0.3, 0.4) is 0 Å². The van der Waals surface area contributed by atoms with Crippen LogP contribution in [-0.2, 0) is 6.61 Å². The van der Waals surface area contributed by atoms with Crippen LogP contribution >= 0.6 is 38.6 Å². The number of benzene rings is 2. The van der Waals surface area contributed by atoms with Crippen molar-refractivity contribution in [1.82, 2.24) is 19.6 Å². The largest absolute Gasteiger partial charge is 0.496 e. The predicted octanol–water partition coefficient (Wildman–Crippen LogP) is 7.07. The molecule has 4 heterocycles. The van der Waals surface area contributed by atoms with Gasteiger partial charge in [0.15, 0.2) is 10.9 Å². The van der Waals surface area contributed by atoms with Gasteiger partial charge < -0.3 is 23.9 Å². The number of ether oxygens (including phenoxy) is 3. The fraction of sp³-hybridized carbons (Fsp3) is 0.160.